The number of hydrogen-bond donors (Lipinski definition) is 10. The summed E-state index contributed by atoms with van der Waals surface area (Å²) in [5.41, 5.74) is 1.94. The number of nitrogens with one attached hydrogen (secondary N) is 7. The Morgan fingerprint density at radius 3 is 1.71 bits per heavy atom. The van der Waals surface area contributed by atoms with Crippen LogP contribution in [0.25, 0.3) is 0 Å². The molecule has 0 radical (unpaired) electrons. The van der Waals surface area contributed by atoms with E-state index in [0.29, 0.717) is 12.8 Å². The van der Waals surface area contributed by atoms with E-state index < -0.39 is 144 Å². The number of amides is 6. The first-order chi connectivity index (χ1) is 32.5. The highest BCUT2D eigenvalue weighted by atomic mass is 32.2. The molecule has 1 aliphatic carbocycles. The van der Waals surface area contributed by atoms with Gasteiger partial charge in [-0.05, 0) is 55.6 Å². The number of hydroxylamine groups is 1. The highest BCUT2D eigenvalue weighted by molar-refractivity contribution is 7.90. The van der Waals surface area contributed by atoms with Gasteiger partial charge in [0.25, 0.3) is 15.9 Å². The predicted octanol–water partition coefficient (Wildman–Crippen LogP) is 1.40. The van der Waals surface area contributed by atoms with E-state index in [1.54, 1.807) is 40.7 Å². The lowest BCUT2D eigenvalue weighted by atomic mass is 9.84. The van der Waals surface area contributed by atoms with E-state index in [2.05, 4.69) is 31.4 Å². The number of rotatable bonds is 31. The molecule has 1 aliphatic rings. The lowest BCUT2D eigenvalue weighted by molar-refractivity contribution is -0.159. The summed E-state index contributed by atoms with van der Waals surface area (Å²) in [7, 11) is -4.29. The fourth-order valence-corrected chi connectivity index (χ4v) is 8.48. The third-order valence-corrected chi connectivity index (χ3v) is 12.8. The SMILES string of the molecule is CCC[C@H](NC(=O)[C@H](CC1CCCCC1)NC(=O)[C@@H](NC(=O)[C@H](CC(C)C)NC(=O)[C@@H](CCC(=O)O)NC(=O)[C@H](CC(=O)O)NOC(=O)CCC(=O)O)[C@H](C)CC)C(=O)NS(=O)(=O)c1ccccc1. The summed E-state index contributed by atoms with van der Waals surface area (Å²) in [5.74, 6) is -11.8. The molecule has 386 valence electrons. The Kier molecular flexibility index (Phi) is 25.3. The van der Waals surface area contributed by atoms with Crippen molar-refractivity contribution in [2.75, 3.05) is 0 Å². The minimum atomic E-state index is -4.29. The molecule has 1 fully saturated rings. The van der Waals surface area contributed by atoms with Crippen LogP contribution in [0.4, 0.5) is 0 Å². The topological polar surface area (TPSA) is 359 Å². The van der Waals surface area contributed by atoms with Crippen molar-refractivity contribution < 1.29 is 76.5 Å². The number of carboxylic acid groups (broad SMARTS) is 3. The fraction of sp³-hybridized carbons (Fsp3) is 0.644. The number of carbonyl (C=O) groups excluding carboxylic acids is 7. The van der Waals surface area contributed by atoms with Crippen LogP contribution in [-0.4, -0.2) is 119 Å². The Labute approximate surface area is 401 Å². The van der Waals surface area contributed by atoms with Gasteiger partial charge in [-0.3, -0.25) is 47.9 Å². The molecule has 0 unspecified atom stereocenters. The smallest absolute Gasteiger partial charge is 0.325 e. The average Bonchev–Trinajstić information content (AvgIpc) is 3.29. The summed E-state index contributed by atoms with van der Waals surface area (Å²) >= 11 is 0. The predicted molar refractivity (Wildman–Crippen MR) is 245 cm³/mol. The Morgan fingerprint density at radius 1 is 0.623 bits per heavy atom. The van der Waals surface area contributed by atoms with Gasteiger partial charge in [0, 0.05) is 6.42 Å². The second kappa shape index (κ2) is 29.7. The summed E-state index contributed by atoms with van der Waals surface area (Å²) in [6.45, 7) is 8.63. The largest absolute Gasteiger partial charge is 0.481 e. The number of sulfonamides is 1. The minimum Gasteiger partial charge on any atom is -0.481 e. The normalized spacial score (nSPS) is 15.9. The van der Waals surface area contributed by atoms with Crippen LogP contribution >= 0.6 is 0 Å². The number of carboxylic acids is 3. The third-order valence-electron chi connectivity index (χ3n) is 11.4. The van der Waals surface area contributed by atoms with E-state index in [1.807, 2.05) is 10.2 Å². The van der Waals surface area contributed by atoms with Crippen molar-refractivity contribution in [2.24, 2.45) is 17.8 Å². The minimum absolute atomic E-state index is 0.0116. The van der Waals surface area contributed by atoms with Gasteiger partial charge >= 0.3 is 23.9 Å². The van der Waals surface area contributed by atoms with Crippen LogP contribution in [0.5, 0.6) is 0 Å². The van der Waals surface area contributed by atoms with Gasteiger partial charge in [0.05, 0.1) is 24.2 Å². The fourth-order valence-electron chi connectivity index (χ4n) is 7.44. The Bertz CT molecular complexity index is 2050. The molecule has 69 heavy (non-hydrogen) atoms. The maximum absolute atomic E-state index is 14.3. The molecule has 1 aromatic rings. The molecule has 0 saturated heterocycles. The molecule has 0 bridgehead atoms. The molecule has 6 amide bonds. The summed E-state index contributed by atoms with van der Waals surface area (Å²) in [5, 5.41) is 40.5. The van der Waals surface area contributed by atoms with Crippen molar-refractivity contribution in [1.29, 1.82) is 0 Å². The van der Waals surface area contributed by atoms with E-state index >= 15 is 0 Å². The van der Waals surface area contributed by atoms with Gasteiger partial charge in [0.1, 0.15) is 36.3 Å². The zero-order valence-corrected chi connectivity index (χ0v) is 40.6. The van der Waals surface area contributed by atoms with Crippen LogP contribution in [0.2, 0.25) is 0 Å². The molecule has 0 aliphatic heterocycles. The molecule has 0 aromatic heterocycles. The summed E-state index contributed by atoms with van der Waals surface area (Å²) in [6.07, 6.45) is 1.75. The lowest BCUT2D eigenvalue weighted by Crippen LogP contribution is -2.61. The molecular weight excluding hydrogens is 927 g/mol. The van der Waals surface area contributed by atoms with Crippen molar-refractivity contribution in [1.82, 2.24) is 36.8 Å². The zero-order chi connectivity index (χ0) is 51.8. The Balaban J connectivity index is 2.39. The Hall–Kier alpha value is -6.17. The molecule has 1 aromatic carbocycles. The Morgan fingerprint density at radius 2 is 1.16 bits per heavy atom. The van der Waals surface area contributed by atoms with Gasteiger partial charge in [-0.25, -0.2) is 13.1 Å². The monoisotopic (exact) mass is 995 g/mol. The van der Waals surface area contributed by atoms with E-state index in [1.165, 1.54) is 24.3 Å². The molecular formula is C45H69N7O16S. The number of benzene rings is 1. The van der Waals surface area contributed by atoms with Crippen molar-refractivity contribution >= 4 is 69.3 Å². The van der Waals surface area contributed by atoms with E-state index in [4.69, 9.17) is 5.11 Å². The quantitative estimate of drug-likeness (QED) is 0.0470. The first-order valence-electron chi connectivity index (χ1n) is 23.2. The van der Waals surface area contributed by atoms with Gasteiger partial charge in [0.2, 0.25) is 29.5 Å². The van der Waals surface area contributed by atoms with E-state index in [0.717, 1.165) is 32.1 Å². The highest BCUT2D eigenvalue weighted by Crippen LogP contribution is 2.28. The molecule has 23 nitrogen and oxygen atoms in total. The van der Waals surface area contributed by atoms with Crippen molar-refractivity contribution in [3.05, 3.63) is 30.3 Å². The van der Waals surface area contributed by atoms with Gasteiger partial charge in [-0.15, -0.1) is 5.48 Å². The van der Waals surface area contributed by atoms with Crippen LogP contribution in [0.1, 0.15) is 131 Å². The third kappa shape index (κ3) is 21.8. The highest BCUT2D eigenvalue weighted by Gasteiger charge is 2.37. The van der Waals surface area contributed by atoms with E-state index in [9.17, 15) is 66.6 Å². The second-order valence-electron chi connectivity index (χ2n) is 17.6. The van der Waals surface area contributed by atoms with Gasteiger partial charge in [-0.2, -0.15) is 0 Å². The first kappa shape index (κ1) is 59.0. The van der Waals surface area contributed by atoms with Crippen molar-refractivity contribution in [2.45, 2.75) is 172 Å². The maximum Gasteiger partial charge on any atom is 0.325 e. The molecule has 0 heterocycles. The maximum atomic E-state index is 14.3. The molecule has 1 saturated carbocycles. The molecule has 24 heteroatoms. The van der Waals surface area contributed by atoms with Crippen LogP contribution in [0, 0.1) is 17.8 Å². The van der Waals surface area contributed by atoms with Crippen LogP contribution in [-0.2, 0) is 62.8 Å². The van der Waals surface area contributed by atoms with Crippen molar-refractivity contribution in [3.8, 4) is 0 Å². The first-order valence-corrected chi connectivity index (χ1v) is 24.7. The van der Waals surface area contributed by atoms with E-state index in [-0.39, 0.29) is 36.0 Å². The summed E-state index contributed by atoms with van der Waals surface area (Å²) in [6, 6.07) is -1.54. The average molecular weight is 996 g/mol. The molecule has 7 atom stereocenters. The molecule has 10 N–H and O–H groups in total. The van der Waals surface area contributed by atoms with Crippen LogP contribution in [0.15, 0.2) is 35.2 Å². The van der Waals surface area contributed by atoms with Gasteiger partial charge in [-0.1, -0.05) is 97.8 Å². The summed E-state index contributed by atoms with van der Waals surface area (Å²) < 4.78 is 28.1. The van der Waals surface area contributed by atoms with Gasteiger partial charge in [0.15, 0.2) is 0 Å². The number of carbonyl (C=O) groups is 10. The van der Waals surface area contributed by atoms with Crippen LogP contribution < -0.4 is 36.8 Å². The van der Waals surface area contributed by atoms with Crippen LogP contribution in [0.3, 0.4) is 0 Å². The van der Waals surface area contributed by atoms with Gasteiger partial charge < -0.3 is 46.7 Å². The summed E-state index contributed by atoms with van der Waals surface area (Å²) in [4.78, 5) is 134. The molecule has 2 rings (SSSR count). The lowest BCUT2D eigenvalue weighted by Gasteiger charge is -2.31. The molecule has 0 spiro atoms. The number of aliphatic carboxylic acids is 3. The standard InChI is InChI=1S/C45H69N7O16S/c1-6-14-30(44(64)52-69(66,67)29-17-12-9-13-18-29)46-41(61)33(24-28-15-10-8-11-16-28)49-45(65)39(27(5)7-2)50-42(62)32(23-26(3)4)48-40(60)31(19-20-35(53)54)47-43(63)34(25-37(57)58)51-68-38(59)22-21-36(55)56/h9,12-13,17-18,26-28,30-34,39,51H,6-8,10-11,14-16,19-25H2,1-5H3,(H,46,61)(H,47,63)(H,48,60)(H,49,65)(H,50,62)(H,52,64)(H,53,54)(H,55,56)(H,57,58)/t27-,30+,31-,32+,33+,34+,39+/m1/s1. The van der Waals surface area contributed by atoms with Crippen molar-refractivity contribution in [3.63, 3.8) is 0 Å². The second-order valence-corrected chi connectivity index (χ2v) is 19.3. The zero-order valence-electron chi connectivity index (χ0n) is 39.7. The number of hydrogen-bond acceptors (Lipinski definition) is 14.